The average molecular weight is 532 g/mol. The molecule has 200 valence electrons. The second-order valence-electron chi connectivity index (χ2n) is 9.08. The number of allylic oxidation sites excluding steroid dienone is 4. The number of pyridine rings is 1. The second kappa shape index (κ2) is 12.5. The third-order valence-electron chi connectivity index (χ3n) is 6.34. The lowest BCUT2D eigenvalue weighted by molar-refractivity contribution is -0.121. The quantitative estimate of drug-likeness (QED) is 0.134. The first kappa shape index (κ1) is 26.3. The van der Waals surface area contributed by atoms with Gasteiger partial charge in [0.2, 0.25) is 5.91 Å². The van der Waals surface area contributed by atoms with Gasteiger partial charge < -0.3 is 15.6 Å². The molecule has 1 aromatic carbocycles. The Kier molecular flexibility index (Phi) is 8.22. The first-order valence-corrected chi connectivity index (χ1v) is 13.1. The van der Waals surface area contributed by atoms with Crippen molar-refractivity contribution < 1.29 is 4.79 Å². The van der Waals surface area contributed by atoms with E-state index in [2.05, 4.69) is 59.8 Å². The number of unbranched alkanes of at least 4 members (excludes halogenated alkanes) is 1. The van der Waals surface area contributed by atoms with Gasteiger partial charge in [0.25, 0.3) is 0 Å². The number of carbonyl (C=O) groups is 1. The predicted octanol–water partition coefficient (Wildman–Crippen LogP) is 4.62. The number of aromatic amines is 2. The number of aromatic nitrogens is 5. The maximum absolute atomic E-state index is 12.1. The number of carbonyl (C=O) groups excluding carboxylic acids is 1. The summed E-state index contributed by atoms with van der Waals surface area (Å²) in [6.45, 7) is 2.21. The minimum absolute atomic E-state index is 0.0242. The molecule has 0 atom stereocenters. The third kappa shape index (κ3) is 5.89. The highest BCUT2D eigenvalue weighted by Crippen LogP contribution is 2.30. The fraction of sp³-hybridized carbons (Fsp3) is 0.200. The fourth-order valence-corrected chi connectivity index (χ4v) is 4.31. The Balaban J connectivity index is 1.50. The van der Waals surface area contributed by atoms with Crippen molar-refractivity contribution in [2.75, 3.05) is 6.67 Å². The summed E-state index contributed by atoms with van der Waals surface area (Å²) in [5.74, 6) is 0.587. The zero-order valence-electron chi connectivity index (χ0n) is 22.1. The average Bonchev–Trinajstić information content (AvgIpc) is 3.50. The molecule has 3 aromatic heterocycles. The Morgan fingerprint density at radius 1 is 1.27 bits per heavy atom. The molecule has 0 radical (unpaired) electrons. The van der Waals surface area contributed by atoms with Crippen LogP contribution in [0, 0.1) is 12.5 Å². The van der Waals surface area contributed by atoms with Crippen LogP contribution in [0.1, 0.15) is 43.7 Å². The van der Waals surface area contributed by atoms with Gasteiger partial charge in [0, 0.05) is 65.8 Å². The lowest BCUT2D eigenvalue weighted by Crippen LogP contribution is -2.23. The number of rotatable bonds is 10. The maximum Gasteiger partial charge on any atom is 0.221 e. The van der Waals surface area contributed by atoms with Gasteiger partial charge in [-0.25, -0.2) is 4.98 Å². The number of hydrogen-bond donors (Lipinski definition) is 4. The minimum atomic E-state index is -0.0242. The van der Waals surface area contributed by atoms with Gasteiger partial charge >= 0.3 is 0 Å². The molecule has 0 aliphatic carbocycles. The lowest BCUT2D eigenvalue weighted by atomic mass is 10.1. The molecule has 4 N–H and O–H groups in total. The first-order chi connectivity index (χ1) is 19.7. The summed E-state index contributed by atoms with van der Waals surface area (Å²) in [5.41, 5.74) is 6.40. The van der Waals surface area contributed by atoms with Crippen LogP contribution in [0.2, 0.25) is 0 Å². The van der Waals surface area contributed by atoms with Crippen LogP contribution in [0.15, 0.2) is 71.2 Å². The van der Waals surface area contributed by atoms with Gasteiger partial charge in [-0.3, -0.25) is 24.9 Å². The third-order valence-corrected chi connectivity index (χ3v) is 6.34. The smallest absolute Gasteiger partial charge is 0.221 e. The summed E-state index contributed by atoms with van der Waals surface area (Å²) >= 11 is 0. The Hall–Kier alpha value is -5.30. The molecule has 1 aliphatic heterocycles. The highest BCUT2D eigenvalue weighted by molar-refractivity contribution is 6.11. The highest BCUT2D eigenvalue weighted by Gasteiger charge is 2.17. The minimum Gasteiger partial charge on any atom is -0.337 e. The Morgan fingerprint density at radius 3 is 3.08 bits per heavy atom. The van der Waals surface area contributed by atoms with E-state index in [-0.39, 0.29) is 12.6 Å². The van der Waals surface area contributed by atoms with E-state index in [9.17, 15) is 4.79 Å². The number of nitrogens with one attached hydrogen (secondary N) is 4. The Morgan fingerprint density at radius 2 is 2.20 bits per heavy atom. The van der Waals surface area contributed by atoms with Gasteiger partial charge in [0.15, 0.2) is 5.82 Å². The van der Waals surface area contributed by atoms with E-state index in [1.807, 2.05) is 36.7 Å². The molecular weight excluding hydrogens is 502 g/mol. The molecule has 0 unspecified atom stereocenters. The number of aliphatic imine (C=N–C) groups is 2. The van der Waals surface area contributed by atoms with Crippen LogP contribution >= 0.6 is 0 Å². The summed E-state index contributed by atoms with van der Waals surface area (Å²) in [5, 5.41) is 14.1. The van der Waals surface area contributed by atoms with E-state index in [0.717, 1.165) is 57.9 Å². The normalized spacial score (nSPS) is 13.5. The van der Waals surface area contributed by atoms with Gasteiger partial charge in [-0.2, -0.15) is 5.10 Å². The van der Waals surface area contributed by atoms with Gasteiger partial charge in [-0.1, -0.05) is 38.0 Å². The first-order valence-electron chi connectivity index (χ1n) is 13.1. The molecule has 10 heteroatoms. The molecule has 0 spiro atoms. The zero-order valence-corrected chi connectivity index (χ0v) is 22.1. The lowest BCUT2D eigenvalue weighted by Gasteiger charge is -2.05. The van der Waals surface area contributed by atoms with Gasteiger partial charge in [0.05, 0.1) is 22.9 Å². The molecule has 4 heterocycles. The maximum atomic E-state index is 12.1. The summed E-state index contributed by atoms with van der Waals surface area (Å²) in [4.78, 5) is 33.7. The van der Waals surface area contributed by atoms with Crippen LogP contribution in [0.5, 0.6) is 0 Å². The van der Waals surface area contributed by atoms with Gasteiger partial charge in [-0.05, 0) is 24.6 Å². The largest absolute Gasteiger partial charge is 0.337 e. The SMILES string of the molecule is C#CN/C=C\C(=N/CNC(=O)CCCC)c1ccc2[nH]nc(-c3nc4c(C5=CN=CCC=C5)cncc4[nH]3)c2c1. The van der Waals surface area contributed by atoms with Crippen molar-refractivity contribution >= 4 is 45.3 Å². The highest BCUT2D eigenvalue weighted by atomic mass is 16.1. The van der Waals surface area contributed by atoms with Crippen LogP contribution in [0.25, 0.3) is 39.0 Å². The molecule has 0 saturated heterocycles. The van der Waals surface area contributed by atoms with E-state index in [1.165, 1.54) is 0 Å². The molecule has 1 amide bonds. The number of H-pyrrole nitrogens is 2. The number of nitrogens with zero attached hydrogens (tertiary/aromatic N) is 5. The van der Waals surface area contributed by atoms with Crippen molar-refractivity contribution in [3.05, 3.63) is 72.3 Å². The number of terminal acetylenes is 1. The monoisotopic (exact) mass is 531 g/mol. The van der Waals surface area contributed by atoms with Crippen LogP contribution in [-0.4, -0.2) is 49.7 Å². The number of imidazole rings is 1. The number of benzene rings is 1. The van der Waals surface area contributed by atoms with Crippen molar-refractivity contribution in [2.45, 2.75) is 32.6 Å². The number of fused-ring (bicyclic) bond motifs is 2. The van der Waals surface area contributed by atoms with Crippen molar-refractivity contribution in [2.24, 2.45) is 9.98 Å². The van der Waals surface area contributed by atoms with E-state index in [1.54, 1.807) is 24.7 Å². The molecule has 0 saturated carbocycles. The van der Waals surface area contributed by atoms with Crippen LogP contribution in [0.4, 0.5) is 0 Å². The topological polar surface area (TPSA) is 136 Å². The Labute approximate surface area is 231 Å². The van der Waals surface area contributed by atoms with Crippen LogP contribution in [-0.2, 0) is 4.79 Å². The summed E-state index contributed by atoms with van der Waals surface area (Å²) < 4.78 is 0. The number of hydrogen-bond acceptors (Lipinski definition) is 7. The van der Waals surface area contributed by atoms with Crippen molar-refractivity contribution in [3.8, 4) is 24.0 Å². The Bertz CT molecular complexity index is 1730. The summed E-state index contributed by atoms with van der Waals surface area (Å²) in [7, 11) is 0. The second-order valence-corrected chi connectivity index (χ2v) is 9.08. The van der Waals surface area contributed by atoms with Gasteiger partial charge in [0.1, 0.15) is 17.9 Å². The van der Waals surface area contributed by atoms with E-state index >= 15 is 0 Å². The molecule has 40 heavy (non-hydrogen) atoms. The molecular formula is C30H29N9O. The molecule has 5 rings (SSSR count). The molecule has 1 aliphatic rings. The number of amides is 1. The van der Waals surface area contributed by atoms with Crippen molar-refractivity contribution in [1.82, 2.24) is 35.8 Å². The van der Waals surface area contributed by atoms with Crippen molar-refractivity contribution in [1.29, 1.82) is 0 Å². The summed E-state index contributed by atoms with van der Waals surface area (Å²) in [6, 6.07) is 8.23. The predicted molar refractivity (Wildman–Crippen MR) is 159 cm³/mol. The fourth-order valence-electron chi connectivity index (χ4n) is 4.31. The van der Waals surface area contributed by atoms with Crippen molar-refractivity contribution in [3.63, 3.8) is 0 Å². The van der Waals surface area contributed by atoms with Crippen LogP contribution < -0.4 is 10.6 Å². The zero-order chi connectivity index (χ0) is 27.7. The molecule has 4 aromatic rings. The van der Waals surface area contributed by atoms with Gasteiger partial charge in [-0.15, -0.1) is 0 Å². The van der Waals surface area contributed by atoms with E-state index in [4.69, 9.17) is 11.4 Å². The van der Waals surface area contributed by atoms with E-state index in [0.29, 0.717) is 23.7 Å². The summed E-state index contributed by atoms with van der Waals surface area (Å²) in [6.07, 6.45) is 23.1. The molecule has 0 bridgehead atoms. The van der Waals surface area contributed by atoms with E-state index < -0.39 is 0 Å². The standard InChI is InChI=1S/C30H29N9O/c1-3-5-9-27(40)35-19-34-24(12-14-31-4-2)20-10-11-25-22(15-20)29(39-38-25)30-36-26-18-33-17-23(28(26)37-30)21-8-6-7-13-32-16-21/h2,6,8,10-18,31H,3,5,7,9,19H2,1H3,(H,35,40)(H,36,37)(H,38,39)/b14-12-,34-24+. The molecule has 10 nitrogen and oxygen atoms in total. The molecule has 0 fully saturated rings. The van der Waals surface area contributed by atoms with Crippen LogP contribution in [0.3, 0.4) is 0 Å².